The standard InChI is InChI=1S/C20H19FN4O2/c1-27-20-23-18(13-8-10-15(21)11-9-13)25(24-20)17-7-3-6-16(12-17)22-19(26)14-4-2-5-14/h3,6-12,14H,2,4-5H2,1H3,(H,22,26). The zero-order valence-electron chi connectivity index (χ0n) is 14.9. The maximum Gasteiger partial charge on any atom is 0.336 e. The molecule has 0 aliphatic heterocycles. The number of hydrogen-bond acceptors (Lipinski definition) is 4. The molecule has 1 fully saturated rings. The van der Waals surface area contributed by atoms with Crippen LogP contribution in [0.1, 0.15) is 19.3 Å². The van der Waals surface area contributed by atoms with Gasteiger partial charge in [0.05, 0.1) is 12.8 Å². The fourth-order valence-corrected chi connectivity index (χ4v) is 2.98. The van der Waals surface area contributed by atoms with Crippen LogP contribution in [0.3, 0.4) is 0 Å². The summed E-state index contributed by atoms with van der Waals surface area (Å²) in [4.78, 5) is 16.6. The van der Waals surface area contributed by atoms with E-state index in [0.29, 0.717) is 17.1 Å². The summed E-state index contributed by atoms with van der Waals surface area (Å²) in [6, 6.07) is 13.6. The van der Waals surface area contributed by atoms with Crippen molar-refractivity contribution in [1.29, 1.82) is 0 Å². The summed E-state index contributed by atoms with van der Waals surface area (Å²) in [6.07, 6.45) is 3.00. The van der Waals surface area contributed by atoms with Crippen LogP contribution in [0, 0.1) is 11.7 Å². The Balaban J connectivity index is 1.68. The van der Waals surface area contributed by atoms with E-state index in [2.05, 4.69) is 15.4 Å². The van der Waals surface area contributed by atoms with Crippen molar-refractivity contribution in [3.8, 4) is 23.1 Å². The van der Waals surface area contributed by atoms with E-state index in [9.17, 15) is 9.18 Å². The van der Waals surface area contributed by atoms with Crippen LogP contribution in [0.25, 0.3) is 17.1 Å². The molecule has 0 saturated heterocycles. The maximum absolute atomic E-state index is 13.3. The molecule has 138 valence electrons. The summed E-state index contributed by atoms with van der Waals surface area (Å²) < 4.78 is 20.0. The summed E-state index contributed by atoms with van der Waals surface area (Å²) in [6.45, 7) is 0. The first-order chi connectivity index (χ1) is 13.1. The minimum atomic E-state index is -0.322. The molecular weight excluding hydrogens is 347 g/mol. The van der Waals surface area contributed by atoms with Gasteiger partial charge in [-0.2, -0.15) is 4.98 Å². The highest BCUT2D eigenvalue weighted by Gasteiger charge is 2.25. The third kappa shape index (κ3) is 3.53. The van der Waals surface area contributed by atoms with Crippen molar-refractivity contribution in [3.05, 3.63) is 54.3 Å². The van der Waals surface area contributed by atoms with Crippen LogP contribution >= 0.6 is 0 Å². The molecule has 0 radical (unpaired) electrons. The molecule has 3 aromatic rings. The Hall–Kier alpha value is -3.22. The van der Waals surface area contributed by atoms with Gasteiger partial charge in [-0.05, 0) is 55.3 Å². The van der Waals surface area contributed by atoms with Gasteiger partial charge in [-0.3, -0.25) is 4.79 Å². The lowest BCUT2D eigenvalue weighted by Crippen LogP contribution is -2.28. The summed E-state index contributed by atoms with van der Waals surface area (Å²) >= 11 is 0. The maximum atomic E-state index is 13.3. The third-order valence-corrected chi connectivity index (χ3v) is 4.71. The van der Waals surface area contributed by atoms with Crippen LogP contribution in [-0.4, -0.2) is 27.8 Å². The predicted octanol–water partition coefficient (Wildman–Crippen LogP) is 3.82. The van der Waals surface area contributed by atoms with Crippen LogP contribution in [-0.2, 0) is 4.79 Å². The van der Waals surface area contributed by atoms with Crippen LogP contribution in [0.15, 0.2) is 48.5 Å². The van der Waals surface area contributed by atoms with Gasteiger partial charge in [0.15, 0.2) is 5.82 Å². The highest BCUT2D eigenvalue weighted by Crippen LogP contribution is 2.29. The molecule has 1 aliphatic rings. The highest BCUT2D eigenvalue weighted by atomic mass is 19.1. The van der Waals surface area contributed by atoms with E-state index in [0.717, 1.165) is 24.9 Å². The van der Waals surface area contributed by atoms with E-state index >= 15 is 0 Å². The van der Waals surface area contributed by atoms with Crippen LogP contribution in [0.2, 0.25) is 0 Å². The van der Waals surface area contributed by atoms with Crippen molar-refractivity contribution in [2.24, 2.45) is 5.92 Å². The lowest BCUT2D eigenvalue weighted by atomic mass is 9.85. The summed E-state index contributed by atoms with van der Waals surface area (Å²) in [7, 11) is 1.49. The Morgan fingerprint density at radius 1 is 1.22 bits per heavy atom. The number of hydrogen-bond donors (Lipinski definition) is 1. The monoisotopic (exact) mass is 366 g/mol. The van der Waals surface area contributed by atoms with Crippen molar-refractivity contribution >= 4 is 11.6 Å². The molecule has 4 rings (SSSR count). The number of ether oxygens (including phenoxy) is 1. The number of halogens is 1. The SMILES string of the molecule is COc1nc(-c2ccc(F)cc2)n(-c2cccc(NC(=O)C3CCC3)c2)n1. The lowest BCUT2D eigenvalue weighted by Gasteiger charge is -2.24. The van der Waals surface area contributed by atoms with Crippen molar-refractivity contribution in [1.82, 2.24) is 14.8 Å². The van der Waals surface area contributed by atoms with Gasteiger partial charge in [-0.1, -0.05) is 12.5 Å². The zero-order valence-corrected chi connectivity index (χ0v) is 14.9. The second-order valence-corrected chi connectivity index (χ2v) is 6.51. The molecule has 0 bridgehead atoms. The van der Waals surface area contributed by atoms with Crippen molar-refractivity contribution in [3.63, 3.8) is 0 Å². The van der Waals surface area contributed by atoms with E-state index in [1.807, 2.05) is 24.3 Å². The Morgan fingerprint density at radius 2 is 2.00 bits per heavy atom. The van der Waals surface area contributed by atoms with Gasteiger partial charge in [0.25, 0.3) is 0 Å². The number of anilines is 1. The zero-order chi connectivity index (χ0) is 18.8. The van der Waals surface area contributed by atoms with E-state index in [1.54, 1.807) is 16.8 Å². The molecule has 0 unspecified atom stereocenters. The first kappa shape index (κ1) is 17.2. The van der Waals surface area contributed by atoms with Gasteiger partial charge < -0.3 is 10.1 Å². The number of nitrogens with zero attached hydrogens (tertiary/aromatic N) is 3. The topological polar surface area (TPSA) is 69.0 Å². The summed E-state index contributed by atoms with van der Waals surface area (Å²) in [5, 5.41) is 7.32. The van der Waals surface area contributed by atoms with Gasteiger partial charge in [-0.25, -0.2) is 9.07 Å². The quantitative estimate of drug-likeness (QED) is 0.745. The van der Waals surface area contributed by atoms with Crippen LogP contribution < -0.4 is 10.1 Å². The second-order valence-electron chi connectivity index (χ2n) is 6.51. The highest BCUT2D eigenvalue weighted by molar-refractivity contribution is 5.93. The minimum Gasteiger partial charge on any atom is -0.466 e. The molecule has 6 nitrogen and oxygen atoms in total. The predicted molar refractivity (Wildman–Crippen MR) is 99.3 cm³/mol. The Labute approximate surface area is 156 Å². The minimum absolute atomic E-state index is 0.0494. The third-order valence-electron chi connectivity index (χ3n) is 4.71. The van der Waals surface area contributed by atoms with Crippen molar-refractivity contribution < 1.29 is 13.9 Å². The molecule has 7 heteroatoms. The molecule has 1 heterocycles. The number of benzene rings is 2. The van der Waals surface area contributed by atoms with Gasteiger partial charge in [-0.15, -0.1) is 5.10 Å². The number of aromatic nitrogens is 3. The van der Waals surface area contributed by atoms with Gasteiger partial charge in [0.2, 0.25) is 5.91 Å². The number of carbonyl (C=O) groups excluding carboxylic acids is 1. The molecule has 1 saturated carbocycles. The molecule has 1 aromatic heterocycles. The van der Waals surface area contributed by atoms with E-state index < -0.39 is 0 Å². The molecule has 0 atom stereocenters. The van der Waals surface area contributed by atoms with E-state index in [1.165, 1.54) is 19.2 Å². The van der Waals surface area contributed by atoms with Gasteiger partial charge >= 0.3 is 6.01 Å². The largest absolute Gasteiger partial charge is 0.466 e. The fraction of sp³-hybridized carbons (Fsp3) is 0.250. The molecule has 1 amide bonds. The number of carbonyl (C=O) groups is 1. The number of rotatable bonds is 5. The smallest absolute Gasteiger partial charge is 0.336 e. The number of nitrogens with one attached hydrogen (secondary N) is 1. The number of amides is 1. The molecular formula is C20H19FN4O2. The van der Waals surface area contributed by atoms with E-state index in [-0.39, 0.29) is 23.7 Å². The van der Waals surface area contributed by atoms with Crippen LogP contribution in [0.4, 0.5) is 10.1 Å². The van der Waals surface area contributed by atoms with E-state index in [4.69, 9.17) is 4.74 Å². The average molecular weight is 366 g/mol. The van der Waals surface area contributed by atoms with Crippen molar-refractivity contribution in [2.75, 3.05) is 12.4 Å². The first-order valence-electron chi connectivity index (χ1n) is 8.82. The van der Waals surface area contributed by atoms with Crippen molar-refractivity contribution in [2.45, 2.75) is 19.3 Å². The Morgan fingerprint density at radius 3 is 2.67 bits per heavy atom. The van der Waals surface area contributed by atoms with Gasteiger partial charge in [0.1, 0.15) is 5.82 Å². The molecule has 27 heavy (non-hydrogen) atoms. The molecule has 1 N–H and O–H groups in total. The van der Waals surface area contributed by atoms with Gasteiger partial charge in [0, 0.05) is 17.2 Å². The molecule has 2 aromatic carbocycles. The average Bonchev–Trinajstić information content (AvgIpc) is 3.05. The van der Waals surface area contributed by atoms with Crippen LogP contribution in [0.5, 0.6) is 6.01 Å². The fourth-order valence-electron chi connectivity index (χ4n) is 2.98. The second kappa shape index (κ2) is 7.19. The molecule has 1 aliphatic carbocycles. The first-order valence-corrected chi connectivity index (χ1v) is 8.82. The molecule has 0 spiro atoms. The normalized spacial score (nSPS) is 13.9. The lowest BCUT2D eigenvalue weighted by molar-refractivity contribution is -0.122. The number of methoxy groups -OCH3 is 1. The summed E-state index contributed by atoms with van der Waals surface area (Å²) in [5.74, 6) is 0.357. The summed E-state index contributed by atoms with van der Waals surface area (Å²) in [5.41, 5.74) is 2.12. The Bertz CT molecular complexity index is 964. The Kier molecular flexibility index (Phi) is 4.58.